The SMILES string of the molecule is Cc1cc(CNC(=O)c2sc3nccnc3c2N)no1. The first-order valence-corrected chi connectivity index (χ1v) is 6.66. The van der Waals surface area contributed by atoms with Gasteiger partial charge in [-0.3, -0.25) is 4.79 Å². The van der Waals surface area contributed by atoms with Gasteiger partial charge in [-0.05, 0) is 6.92 Å². The number of fused-ring (bicyclic) bond motifs is 1. The molecule has 3 N–H and O–H groups in total. The third-order valence-corrected chi connectivity index (χ3v) is 3.78. The van der Waals surface area contributed by atoms with Gasteiger partial charge in [-0.15, -0.1) is 11.3 Å². The summed E-state index contributed by atoms with van der Waals surface area (Å²) in [4.78, 5) is 21.4. The lowest BCUT2D eigenvalue weighted by Gasteiger charge is -2.01. The van der Waals surface area contributed by atoms with Crippen molar-refractivity contribution in [3.05, 3.63) is 34.8 Å². The number of nitrogens with one attached hydrogen (secondary N) is 1. The van der Waals surface area contributed by atoms with Gasteiger partial charge in [0.1, 0.15) is 26.7 Å². The van der Waals surface area contributed by atoms with E-state index in [4.69, 9.17) is 10.3 Å². The summed E-state index contributed by atoms with van der Waals surface area (Å²) >= 11 is 1.22. The number of aryl methyl sites for hydroxylation is 1. The van der Waals surface area contributed by atoms with Crippen LogP contribution < -0.4 is 11.1 Å². The molecule has 0 radical (unpaired) electrons. The van der Waals surface area contributed by atoms with E-state index in [9.17, 15) is 4.79 Å². The molecule has 1 amide bonds. The van der Waals surface area contributed by atoms with Gasteiger partial charge in [-0.2, -0.15) is 0 Å². The van der Waals surface area contributed by atoms with Crippen molar-refractivity contribution in [2.45, 2.75) is 13.5 Å². The highest BCUT2D eigenvalue weighted by atomic mass is 32.1. The lowest BCUT2D eigenvalue weighted by atomic mass is 10.3. The molecule has 8 heteroatoms. The Hall–Kier alpha value is -2.48. The Kier molecular flexibility index (Phi) is 3.07. The highest BCUT2D eigenvalue weighted by Gasteiger charge is 2.17. The summed E-state index contributed by atoms with van der Waals surface area (Å²) < 4.78 is 4.93. The average molecular weight is 289 g/mol. The summed E-state index contributed by atoms with van der Waals surface area (Å²) in [6.45, 7) is 2.07. The summed E-state index contributed by atoms with van der Waals surface area (Å²) in [5.41, 5.74) is 7.49. The Morgan fingerprint density at radius 1 is 1.45 bits per heavy atom. The van der Waals surface area contributed by atoms with E-state index in [1.54, 1.807) is 25.4 Å². The number of nitrogen functional groups attached to an aromatic ring is 1. The van der Waals surface area contributed by atoms with Crippen LogP contribution in [0.2, 0.25) is 0 Å². The highest BCUT2D eigenvalue weighted by molar-refractivity contribution is 7.21. The number of hydrogen-bond donors (Lipinski definition) is 2. The molecule has 102 valence electrons. The molecule has 0 fully saturated rings. The Morgan fingerprint density at radius 3 is 2.95 bits per heavy atom. The first-order valence-electron chi connectivity index (χ1n) is 5.84. The number of amides is 1. The molecular formula is C12H11N5O2S. The van der Waals surface area contributed by atoms with Crippen molar-refractivity contribution in [3.63, 3.8) is 0 Å². The molecular weight excluding hydrogens is 278 g/mol. The minimum absolute atomic E-state index is 0.270. The third kappa shape index (κ3) is 2.21. The van der Waals surface area contributed by atoms with E-state index in [-0.39, 0.29) is 12.5 Å². The maximum atomic E-state index is 12.1. The van der Waals surface area contributed by atoms with Crippen molar-refractivity contribution < 1.29 is 9.32 Å². The molecule has 0 bridgehead atoms. The molecule has 7 nitrogen and oxygen atoms in total. The van der Waals surface area contributed by atoms with Gasteiger partial charge in [0, 0.05) is 18.5 Å². The van der Waals surface area contributed by atoms with Crippen molar-refractivity contribution in [2.75, 3.05) is 5.73 Å². The maximum Gasteiger partial charge on any atom is 0.263 e. The second kappa shape index (κ2) is 4.89. The lowest BCUT2D eigenvalue weighted by molar-refractivity contribution is 0.0955. The fourth-order valence-electron chi connectivity index (χ4n) is 1.76. The summed E-state index contributed by atoms with van der Waals surface area (Å²) in [6, 6.07) is 1.76. The molecule has 3 rings (SSSR count). The minimum atomic E-state index is -0.270. The van der Waals surface area contributed by atoms with E-state index in [1.165, 1.54) is 11.3 Å². The fourth-order valence-corrected chi connectivity index (χ4v) is 2.70. The van der Waals surface area contributed by atoms with Crippen LogP contribution >= 0.6 is 11.3 Å². The molecule has 3 aromatic heterocycles. The first kappa shape index (κ1) is 12.5. The molecule has 0 aliphatic rings. The van der Waals surface area contributed by atoms with Crippen LogP contribution in [0.5, 0.6) is 0 Å². The van der Waals surface area contributed by atoms with Crippen LogP contribution in [0, 0.1) is 6.92 Å². The zero-order valence-electron chi connectivity index (χ0n) is 10.6. The smallest absolute Gasteiger partial charge is 0.263 e. The van der Waals surface area contributed by atoms with E-state index in [1.807, 2.05) is 0 Å². The van der Waals surface area contributed by atoms with Crippen molar-refractivity contribution >= 4 is 33.3 Å². The molecule has 0 aliphatic carbocycles. The number of carbonyl (C=O) groups excluding carboxylic acids is 1. The van der Waals surface area contributed by atoms with Crippen LogP contribution in [-0.2, 0) is 6.54 Å². The number of hydrogen-bond acceptors (Lipinski definition) is 7. The van der Waals surface area contributed by atoms with Crippen molar-refractivity contribution in [1.82, 2.24) is 20.4 Å². The zero-order chi connectivity index (χ0) is 14.1. The summed E-state index contributed by atoms with van der Waals surface area (Å²) in [5.74, 6) is 0.428. The Labute approximate surface area is 117 Å². The zero-order valence-corrected chi connectivity index (χ0v) is 11.4. The van der Waals surface area contributed by atoms with Crippen LogP contribution in [0.4, 0.5) is 5.69 Å². The number of aromatic nitrogens is 3. The second-order valence-corrected chi connectivity index (χ2v) is 5.17. The molecule has 0 unspecified atom stereocenters. The molecule has 3 heterocycles. The molecule has 0 aromatic carbocycles. The minimum Gasteiger partial charge on any atom is -0.396 e. The number of rotatable bonds is 3. The monoisotopic (exact) mass is 289 g/mol. The lowest BCUT2D eigenvalue weighted by Crippen LogP contribution is -2.22. The number of nitrogens with zero attached hydrogens (tertiary/aromatic N) is 3. The predicted molar refractivity (Wildman–Crippen MR) is 74.2 cm³/mol. The Bertz CT molecular complexity index is 779. The fraction of sp³-hybridized carbons (Fsp3) is 0.167. The van der Waals surface area contributed by atoms with Gasteiger partial charge < -0.3 is 15.6 Å². The molecule has 0 saturated heterocycles. The van der Waals surface area contributed by atoms with Gasteiger partial charge in [0.05, 0.1) is 12.2 Å². The normalized spacial score (nSPS) is 10.8. The van der Waals surface area contributed by atoms with Gasteiger partial charge in [0.2, 0.25) is 0 Å². The van der Waals surface area contributed by atoms with E-state index < -0.39 is 0 Å². The van der Waals surface area contributed by atoms with Crippen LogP contribution in [-0.4, -0.2) is 21.0 Å². The molecule has 0 aliphatic heterocycles. The average Bonchev–Trinajstić information content (AvgIpc) is 3.01. The number of thiophene rings is 1. The third-order valence-electron chi connectivity index (χ3n) is 2.68. The Morgan fingerprint density at radius 2 is 2.25 bits per heavy atom. The Balaban J connectivity index is 1.80. The van der Waals surface area contributed by atoms with Gasteiger partial charge >= 0.3 is 0 Å². The van der Waals surface area contributed by atoms with Crippen LogP contribution in [0.15, 0.2) is 23.0 Å². The van der Waals surface area contributed by atoms with E-state index >= 15 is 0 Å². The first-order chi connectivity index (χ1) is 9.65. The van der Waals surface area contributed by atoms with Gasteiger partial charge in [-0.1, -0.05) is 5.16 Å². The summed E-state index contributed by atoms with van der Waals surface area (Å²) in [5, 5.41) is 6.55. The van der Waals surface area contributed by atoms with Crippen molar-refractivity contribution in [3.8, 4) is 0 Å². The molecule has 0 atom stereocenters. The van der Waals surface area contributed by atoms with E-state index in [0.29, 0.717) is 32.4 Å². The second-order valence-electron chi connectivity index (χ2n) is 4.17. The van der Waals surface area contributed by atoms with Gasteiger partial charge in [0.25, 0.3) is 5.91 Å². The molecule has 0 saturated carbocycles. The molecule has 20 heavy (non-hydrogen) atoms. The van der Waals surface area contributed by atoms with Crippen LogP contribution in [0.3, 0.4) is 0 Å². The number of carbonyl (C=O) groups is 1. The topological polar surface area (TPSA) is 107 Å². The predicted octanol–water partition coefficient (Wildman–Crippen LogP) is 1.50. The number of anilines is 1. The summed E-state index contributed by atoms with van der Waals surface area (Å²) in [6.07, 6.45) is 3.11. The maximum absolute atomic E-state index is 12.1. The van der Waals surface area contributed by atoms with Crippen molar-refractivity contribution in [2.24, 2.45) is 0 Å². The molecule has 0 spiro atoms. The quantitative estimate of drug-likeness (QED) is 0.756. The largest absolute Gasteiger partial charge is 0.396 e. The van der Waals surface area contributed by atoms with Gasteiger partial charge in [0.15, 0.2) is 0 Å². The van der Waals surface area contributed by atoms with E-state index in [0.717, 1.165) is 0 Å². The molecule has 3 aromatic rings. The van der Waals surface area contributed by atoms with Crippen LogP contribution in [0.25, 0.3) is 10.3 Å². The van der Waals surface area contributed by atoms with Gasteiger partial charge in [-0.25, -0.2) is 9.97 Å². The number of nitrogens with two attached hydrogens (primary N) is 1. The van der Waals surface area contributed by atoms with Crippen molar-refractivity contribution in [1.29, 1.82) is 0 Å². The summed E-state index contributed by atoms with van der Waals surface area (Å²) in [7, 11) is 0. The van der Waals surface area contributed by atoms with Crippen LogP contribution in [0.1, 0.15) is 21.1 Å². The van der Waals surface area contributed by atoms with E-state index in [2.05, 4.69) is 20.4 Å². The highest BCUT2D eigenvalue weighted by Crippen LogP contribution is 2.30. The standard InChI is InChI=1S/C12H11N5O2S/c1-6-4-7(17-19-6)5-16-11(18)10-8(13)9-12(20-10)15-3-2-14-9/h2-4H,5,13H2,1H3,(H,16,18).